The summed E-state index contributed by atoms with van der Waals surface area (Å²) in [6.07, 6.45) is 5.22. The highest BCUT2D eigenvalue weighted by Gasteiger charge is 2.27. The molecule has 0 aromatic heterocycles. The molecule has 0 spiro atoms. The average molecular weight is 270 g/mol. The first-order chi connectivity index (χ1) is 9.19. The molecule has 1 N–H and O–H groups in total. The largest absolute Gasteiger partial charge is 0.389 e. The van der Waals surface area contributed by atoms with Crippen molar-refractivity contribution in [2.45, 2.75) is 44.8 Å². The first kappa shape index (κ1) is 15.2. The minimum atomic E-state index is -0.341. The van der Waals surface area contributed by atoms with Crippen molar-refractivity contribution in [2.75, 3.05) is 46.4 Å². The van der Waals surface area contributed by atoms with Crippen molar-refractivity contribution in [3.63, 3.8) is 0 Å². The number of aliphatic hydroxyl groups excluding tert-OH is 1. The van der Waals surface area contributed by atoms with Crippen molar-refractivity contribution in [1.29, 1.82) is 0 Å². The maximum absolute atomic E-state index is 9.76. The summed E-state index contributed by atoms with van der Waals surface area (Å²) < 4.78 is 4.98. The second-order valence-corrected chi connectivity index (χ2v) is 6.36. The molecule has 1 saturated heterocycles. The number of ether oxygens (including phenoxy) is 1. The lowest BCUT2D eigenvalue weighted by atomic mass is 9.86. The summed E-state index contributed by atoms with van der Waals surface area (Å²) in [5.41, 5.74) is 0. The SMILES string of the molecule is COC[C@H](O)CN1CCN(C2CCC(C)CC2)CC1. The van der Waals surface area contributed by atoms with E-state index in [9.17, 15) is 5.11 Å². The van der Waals surface area contributed by atoms with Gasteiger partial charge in [-0.15, -0.1) is 0 Å². The Labute approximate surface area is 117 Å². The summed E-state index contributed by atoms with van der Waals surface area (Å²) in [7, 11) is 1.64. The van der Waals surface area contributed by atoms with Gasteiger partial charge in [0.1, 0.15) is 0 Å². The standard InChI is InChI=1S/C15H30N2O2/c1-13-3-5-14(6-4-13)17-9-7-16(8-10-17)11-15(18)12-19-2/h13-15,18H,3-12H2,1-2H3/t13?,14?,15-/m1/s1. The van der Waals surface area contributed by atoms with Crippen LogP contribution in [0.5, 0.6) is 0 Å². The summed E-state index contributed by atoms with van der Waals surface area (Å²) >= 11 is 0. The number of rotatable bonds is 5. The molecule has 0 bridgehead atoms. The van der Waals surface area contributed by atoms with Gasteiger partial charge in [0.25, 0.3) is 0 Å². The molecule has 0 aromatic carbocycles. The van der Waals surface area contributed by atoms with Gasteiger partial charge >= 0.3 is 0 Å². The number of piperazine rings is 1. The average Bonchev–Trinajstić information content (AvgIpc) is 2.41. The van der Waals surface area contributed by atoms with Gasteiger partial charge in [-0.05, 0) is 31.6 Å². The minimum absolute atomic E-state index is 0.341. The summed E-state index contributed by atoms with van der Waals surface area (Å²) in [4.78, 5) is 5.04. The van der Waals surface area contributed by atoms with Gasteiger partial charge in [-0.1, -0.05) is 6.92 Å². The maximum atomic E-state index is 9.76. The van der Waals surface area contributed by atoms with Crippen LogP contribution in [-0.4, -0.2) is 73.5 Å². The van der Waals surface area contributed by atoms with E-state index in [0.717, 1.165) is 31.6 Å². The molecule has 1 saturated carbocycles. The fraction of sp³-hybridized carbons (Fsp3) is 1.00. The molecule has 0 unspecified atom stereocenters. The minimum Gasteiger partial charge on any atom is -0.389 e. The van der Waals surface area contributed by atoms with E-state index in [1.54, 1.807) is 7.11 Å². The van der Waals surface area contributed by atoms with Crippen molar-refractivity contribution in [1.82, 2.24) is 9.80 Å². The van der Waals surface area contributed by atoms with E-state index in [2.05, 4.69) is 16.7 Å². The molecular formula is C15H30N2O2. The number of nitrogens with zero attached hydrogens (tertiary/aromatic N) is 2. The highest BCUT2D eigenvalue weighted by molar-refractivity contribution is 4.82. The van der Waals surface area contributed by atoms with E-state index in [1.165, 1.54) is 38.8 Å². The molecule has 2 fully saturated rings. The Hall–Kier alpha value is -0.160. The lowest BCUT2D eigenvalue weighted by molar-refractivity contribution is 0.0137. The Morgan fingerprint density at radius 3 is 2.32 bits per heavy atom. The van der Waals surface area contributed by atoms with Crippen molar-refractivity contribution >= 4 is 0 Å². The topological polar surface area (TPSA) is 35.9 Å². The molecule has 19 heavy (non-hydrogen) atoms. The van der Waals surface area contributed by atoms with Gasteiger partial charge in [0.05, 0.1) is 12.7 Å². The van der Waals surface area contributed by atoms with Crippen molar-refractivity contribution < 1.29 is 9.84 Å². The van der Waals surface area contributed by atoms with E-state index in [4.69, 9.17) is 4.74 Å². The van der Waals surface area contributed by atoms with E-state index >= 15 is 0 Å². The lowest BCUT2D eigenvalue weighted by Crippen LogP contribution is -2.52. The first-order valence-corrected chi connectivity index (χ1v) is 7.82. The Morgan fingerprint density at radius 1 is 1.11 bits per heavy atom. The number of hydrogen-bond donors (Lipinski definition) is 1. The van der Waals surface area contributed by atoms with Crippen molar-refractivity contribution in [3.8, 4) is 0 Å². The van der Waals surface area contributed by atoms with Gasteiger partial charge in [0.15, 0.2) is 0 Å². The highest BCUT2D eigenvalue weighted by atomic mass is 16.5. The van der Waals surface area contributed by atoms with Crippen LogP contribution < -0.4 is 0 Å². The maximum Gasteiger partial charge on any atom is 0.0900 e. The molecule has 1 aliphatic heterocycles. The Balaban J connectivity index is 1.67. The molecule has 1 atom stereocenters. The van der Waals surface area contributed by atoms with Crippen LogP contribution >= 0.6 is 0 Å². The molecule has 1 heterocycles. The zero-order chi connectivity index (χ0) is 13.7. The third-order valence-corrected chi connectivity index (χ3v) is 4.74. The lowest BCUT2D eigenvalue weighted by Gasteiger charge is -2.42. The van der Waals surface area contributed by atoms with Crippen LogP contribution in [0.4, 0.5) is 0 Å². The fourth-order valence-corrected chi connectivity index (χ4v) is 3.46. The van der Waals surface area contributed by atoms with Gasteiger partial charge in [0.2, 0.25) is 0 Å². The van der Waals surface area contributed by atoms with Crippen LogP contribution in [0.25, 0.3) is 0 Å². The van der Waals surface area contributed by atoms with E-state index in [1.807, 2.05) is 0 Å². The van der Waals surface area contributed by atoms with Crippen LogP contribution in [0.3, 0.4) is 0 Å². The van der Waals surface area contributed by atoms with Gasteiger partial charge in [-0.3, -0.25) is 9.80 Å². The molecule has 0 aromatic rings. The van der Waals surface area contributed by atoms with Gasteiger partial charge in [-0.2, -0.15) is 0 Å². The number of hydrogen-bond acceptors (Lipinski definition) is 4. The number of β-amino-alcohol motifs (C(OH)–C–C–N with tert-alkyl or cyclic N) is 1. The zero-order valence-electron chi connectivity index (χ0n) is 12.6. The Kier molecular flexibility index (Phi) is 6.07. The van der Waals surface area contributed by atoms with Crippen LogP contribution in [-0.2, 0) is 4.74 Å². The monoisotopic (exact) mass is 270 g/mol. The fourth-order valence-electron chi connectivity index (χ4n) is 3.46. The van der Waals surface area contributed by atoms with Crippen LogP contribution in [0.1, 0.15) is 32.6 Å². The van der Waals surface area contributed by atoms with Gasteiger partial charge < -0.3 is 9.84 Å². The normalized spacial score (nSPS) is 32.4. The van der Waals surface area contributed by atoms with Crippen LogP contribution in [0.2, 0.25) is 0 Å². The third kappa shape index (κ3) is 4.71. The van der Waals surface area contributed by atoms with E-state index in [0.29, 0.717) is 6.61 Å². The number of methoxy groups -OCH3 is 1. The van der Waals surface area contributed by atoms with Crippen LogP contribution in [0.15, 0.2) is 0 Å². The molecule has 0 amide bonds. The first-order valence-electron chi connectivity index (χ1n) is 7.82. The summed E-state index contributed by atoms with van der Waals surface area (Å²) in [5, 5.41) is 9.76. The van der Waals surface area contributed by atoms with Crippen LogP contribution in [0, 0.1) is 5.92 Å². The third-order valence-electron chi connectivity index (χ3n) is 4.74. The molecule has 112 valence electrons. The molecule has 1 aliphatic carbocycles. The molecule has 2 aliphatic rings. The summed E-state index contributed by atoms with van der Waals surface area (Å²) in [6, 6.07) is 0.822. The van der Waals surface area contributed by atoms with Gasteiger partial charge in [-0.25, -0.2) is 0 Å². The zero-order valence-corrected chi connectivity index (χ0v) is 12.6. The second kappa shape index (κ2) is 7.58. The summed E-state index contributed by atoms with van der Waals surface area (Å²) in [6.45, 7) is 8.09. The van der Waals surface area contributed by atoms with E-state index < -0.39 is 0 Å². The van der Waals surface area contributed by atoms with Crippen molar-refractivity contribution in [3.05, 3.63) is 0 Å². The highest BCUT2D eigenvalue weighted by Crippen LogP contribution is 2.27. The van der Waals surface area contributed by atoms with E-state index in [-0.39, 0.29) is 6.10 Å². The Morgan fingerprint density at radius 2 is 1.74 bits per heavy atom. The van der Waals surface area contributed by atoms with Gasteiger partial charge in [0, 0.05) is 45.9 Å². The predicted molar refractivity (Wildman–Crippen MR) is 77.3 cm³/mol. The molecule has 2 rings (SSSR count). The summed E-state index contributed by atoms with van der Waals surface area (Å²) in [5.74, 6) is 0.932. The quantitative estimate of drug-likeness (QED) is 0.814. The second-order valence-electron chi connectivity index (χ2n) is 6.36. The molecule has 4 nitrogen and oxygen atoms in total. The molecule has 0 radical (unpaired) electrons. The predicted octanol–water partition coefficient (Wildman–Crippen LogP) is 1.19. The van der Waals surface area contributed by atoms with Crippen molar-refractivity contribution in [2.24, 2.45) is 5.92 Å². The molecular weight excluding hydrogens is 240 g/mol. The molecule has 4 heteroatoms. The number of aliphatic hydroxyl groups is 1. The Bertz CT molecular complexity index is 247. The smallest absolute Gasteiger partial charge is 0.0900 e.